The van der Waals surface area contributed by atoms with Crippen LogP contribution in [0.25, 0.3) is 0 Å². The number of fused-ring (bicyclic) bond motifs is 4. The third kappa shape index (κ3) is 3.53. The van der Waals surface area contributed by atoms with Crippen molar-refractivity contribution in [1.29, 1.82) is 0 Å². The molecule has 5 rings (SSSR count). The maximum absolute atomic E-state index is 13.9. The Morgan fingerprint density at radius 2 is 1.88 bits per heavy atom. The molecule has 1 fully saturated rings. The van der Waals surface area contributed by atoms with Crippen molar-refractivity contribution in [3.8, 4) is 0 Å². The van der Waals surface area contributed by atoms with Gasteiger partial charge in [-0.3, -0.25) is 9.59 Å². The van der Waals surface area contributed by atoms with Gasteiger partial charge in [0.1, 0.15) is 6.04 Å². The number of amides is 3. The van der Waals surface area contributed by atoms with Crippen molar-refractivity contribution in [1.82, 2.24) is 19.7 Å². The third-order valence-corrected chi connectivity index (χ3v) is 7.29. The van der Waals surface area contributed by atoms with Crippen LogP contribution in [0, 0.1) is 11.8 Å². The minimum atomic E-state index is -0.780. The lowest BCUT2D eigenvalue weighted by atomic mass is 9.87. The van der Waals surface area contributed by atoms with Crippen molar-refractivity contribution < 1.29 is 14.7 Å². The molecule has 0 bridgehead atoms. The van der Waals surface area contributed by atoms with Gasteiger partial charge in [0.15, 0.2) is 0 Å². The summed E-state index contributed by atoms with van der Waals surface area (Å²) in [4.78, 5) is 43.2. The summed E-state index contributed by atoms with van der Waals surface area (Å²) in [6.45, 7) is 4.99. The van der Waals surface area contributed by atoms with E-state index in [0.717, 1.165) is 17.7 Å². The van der Waals surface area contributed by atoms with Crippen LogP contribution in [0.2, 0.25) is 0 Å². The average Bonchev–Trinajstić information content (AvgIpc) is 3.33. The highest BCUT2D eigenvalue weighted by molar-refractivity contribution is 5.89. The maximum Gasteiger partial charge on any atom is 0.318 e. The lowest BCUT2D eigenvalue weighted by molar-refractivity contribution is -0.138. The molecule has 8 nitrogen and oxygen atoms in total. The third-order valence-electron chi connectivity index (χ3n) is 7.29. The average molecular weight is 451 g/mol. The van der Waals surface area contributed by atoms with Crippen LogP contribution in [0.5, 0.6) is 0 Å². The van der Waals surface area contributed by atoms with Crippen LogP contribution in [0.15, 0.2) is 47.3 Å². The molecular weight excluding hydrogens is 420 g/mol. The molecule has 0 radical (unpaired) electrons. The van der Waals surface area contributed by atoms with E-state index in [2.05, 4.69) is 11.4 Å². The van der Waals surface area contributed by atoms with Gasteiger partial charge in [-0.2, -0.15) is 0 Å². The van der Waals surface area contributed by atoms with Gasteiger partial charge in [0, 0.05) is 55.9 Å². The second kappa shape index (κ2) is 8.33. The highest BCUT2D eigenvalue weighted by Gasteiger charge is 2.58. The van der Waals surface area contributed by atoms with Crippen molar-refractivity contribution >= 4 is 11.9 Å². The molecule has 1 aromatic heterocycles. The number of carbonyl (C=O) groups is 2. The standard InChI is InChI=1S/C25H30N4O4/c1-15(2)26-25(33)29-22-18(13-28-20(22)8-5-9-21(28)31)19(14-30)23(29)24(32)27-11-10-16-6-3-4-7-17(16)12-27/h3-9,15,18-19,22-23,30H,10-14H2,1-2H3,(H,26,33)/t18-,19-,22+,23-/m0/s1. The second-order valence-electron chi connectivity index (χ2n) is 9.59. The summed E-state index contributed by atoms with van der Waals surface area (Å²) >= 11 is 0. The molecule has 33 heavy (non-hydrogen) atoms. The van der Waals surface area contributed by atoms with E-state index in [1.807, 2.05) is 43.0 Å². The Morgan fingerprint density at radius 3 is 2.61 bits per heavy atom. The fourth-order valence-corrected chi connectivity index (χ4v) is 5.83. The molecule has 8 heteroatoms. The molecule has 3 amide bonds. The van der Waals surface area contributed by atoms with Crippen molar-refractivity contribution in [2.24, 2.45) is 11.8 Å². The zero-order valence-electron chi connectivity index (χ0n) is 19.0. The summed E-state index contributed by atoms with van der Waals surface area (Å²) in [5.74, 6) is -0.785. The van der Waals surface area contributed by atoms with Crippen molar-refractivity contribution in [3.05, 3.63) is 69.6 Å². The van der Waals surface area contributed by atoms with Crippen LogP contribution in [-0.4, -0.2) is 56.6 Å². The van der Waals surface area contributed by atoms with E-state index in [-0.39, 0.29) is 36.1 Å². The van der Waals surface area contributed by atoms with E-state index in [1.54, 1.807) is 15.5 Å². The summed E-state index contributed by atoms with van der Waals surface area (Å²) in [6.07, 6.45) is 0.766. The molecule has 3 aliphatic heterocycles. The summed E-state index contributed by atoms with van der Waals surface area (Å²) in [5.41, 5.74) is 2.96. The summed E-state index contributed by atoms with van der Waals surface area (Å²) < 4.78 is 1.67. The molecule has 0 aliphatic carbocycles. The molecule has 0 unspecified atom stereocenters. The Bertz CT molecular complexity index is 1140. The Kier molecular flexibility index (Phi) is 5.48. The van der Waals surface area contributed by atoms with Gasteiger partial charge in [0.25, 0.3) is 5.56 Å². The smallest absolute Gasteiger partial charge is 0.318 e. The Morgan fingerprint density at radius 1 is 1.12 bits per heavy atom. The fourth-order valence-electron chi connectivity index (χ4n) is 5.83. The second-order valence-corrected chi connectivity index (χ2v) is 9.59. The van der Waals surface area contributed by atoms with Gasteiger partial charge in [0.2, 0.25) is 5.91 Å². The largest absolute Gasteiger partial charge is 0.396 e. The van der Waals surface area contributed by atoms with Gasteiger partial charge < -0.3 is 24.8 Å². The Labute approximate surface area is 192 Å². The van der Waals surface area contributed by atoms with Gasteiger partial charge in [-0.1, -0.05) is 30.3 Å². The number of nitrogens with one attached hydrogen (secondary N) is 1. The molecule has 3 aliphatic rings. The Hall–Kier alpha value is -3.13. The molecule has 1 saturated heterocycles. The van der Waals surface area contributed by atoms with E-state index in [1.165, 1.54) is 11.6 Å². The summed E-state index contributed by atoms with van der Waals surface area (Å²) in [5, 5.41) is 13.3. The van der Waals surface area contributed by atoms with Gasteiger partial charge >= 0.3 is 6.03 Å². The first kappa shape index (κ1) is 21.7. The van der Waals surface area contributed by atoms with E-state index >= 15 is 0 Å². The van der Waals surface area contributed by atoms with Crippen LogP contribution in [0.1, 0.15) is 36.7 Å². The van der Waals surface area contributed by atoms with E-state index < -0.39 is 18.0 Å². The molecule has 0 spiro atoms. The number of aliphatic hydroxyl groups excluding tert-OH is 1. The van der Waals surface area contributed by atoms with Crippen LogP contribution in [-0.2, 0) is 24.3 Å². The first-order valence-corrected chi connectivity index (χ1v) is 11.7. The molecular formula is C25H30N4O4. The van der Waals surface area contributed by atoms with Crippen LogP contribution < -0.4 is 10.9 Å². The number of hydrogen-bond donors (Lipinski definition) is 2. The number of aromatic nitrogens is 1. The Balaban J connectivity index is 1.53. The molecule has 174 valence electrons. The van der Waals surface area contributed by atoms with Crippen LogP contribution in [0.3, 0.4) is 0 Å². The monoisotopic (exact) mass is 450 g/mol. The van der Waals surface area contributed by atoms with E-state index in [0.29, 0.717) is 19.6 Å². The number of rotatable bonds is 3. The molecule has 1 aromatic carbocycles. The number of likely N-dealkylation sites (tertiary alicyclic amines) is 1. The van der Waals surface area contributed by atoms with Crippen LogP contribution >= 0.6 is 0 Å². The molecule has 0 saturated carbocycles. The number of hydrogen-bond acceptors (Lipinski definition) is 4. The number of benzene rings is 1. The zero-order chi connectivity index (χ0) is 23.3. The predicted molar refractivity (Wildman–Crippen MR) is 122 cm³/mol. The quantitative estimate of drug-likeness (QED) is 0.741. The maximum atomic E-state index is 13.9. The first-order chi connectivity index (χ1) is 15.9. The molecule has 4 atom stereocenters. The number of nitrogens with zero attached hydrogens (tertiary/aromatic N) is 3. The van der Waals surface area contributed by atoms with Gasteiger partial charge in [-0.05, 0) is 37.5 Å². The van der Waals surface area contributed by atoms with Crippen LogP contribution in [0.4, 0.5) is 4.79 Å². The molecule has 2 aromatic rings. The topological polar surface area (TPSA) is 94.9 Å². The highest BCUT2D eigenvalue weighted by Crippen LogP contribution is 2.49. The SMILES string of the molecule is CC(C)NC(=O)N1[C@H](C(=O)N2CCc3ccccc3C2)[C@@H](CO)[C@@H]2Cn3c(cccc3=O)[C@@H]21. The van der Waals surface area contributed by atoms with Crippen molar-refractivity contribution in [3.63, 3.8) is 0 Å². The number of carbonyl (C=O) groups excluding carboxylic acids is 2. The summed E-state index contributed by atoms with van der Waals surface area (Å²) in [7, 11) is 0. The highest BCUT2D eigenvalue weighted by atomic mass is 16.3. The first-order valence-electron chi connectivity index (χ1n) is 11.7. The van der Waals surface area contributed by atoms with Gasteiger partial charge in [0.05, 0.1) is 6.04 Å². The lowest BCUT2D eigenvalue weighted by Gasteiger charge is -2.37. The normalized spacial score (nSPS) is 25.6. The van der Waals surface area contributed by atoms with E-state index in [4.69, 9.17) is 0 Å². The lowest BCUT2D eigenvalue weighted by Crippen LogP contribution is -2.55. The number of pyridine rings is 1. The van der Waals surface area contributed by atoms with Gasteiger partial charge in [-0.25, -0.2) is 4.79 Å². The van der Waals surface area contributed by atoms with Gasteiger partial charge in [-0.15, -0.1) is 0 Å². The van der Waals surface area contributed by atoms with Crippen molar-refractivity contribution in [2.45, 2.75) is 51.5 Å². The fraction of sp³-hybridized carbons (Fsp3) is 0.480. The minimum absolute atomic E-state index is 0.110. The van der Waals surface area contributed by atoms with Crippen molar-refractivity contribution in [2.75, 3.05) is 13.2 Å². The molecule has 4 heterocycles. The number of aliphatic hydroxyl groups is 1. The molecule has 2 N–H and O–H groups in total. The zero-order valence-corrected chi connectivity index (χ0v) is 19.0. The summed E-state index contributed by atoms with van der Waals surface area (Å²) in [6, 6.07) is 11.5. The predicted octanol–water partition coefficient (Wildman–Crippen LogP) is 1.51. The minimum Gasteiger partial charge on any atom is -0.396 e. The van der Waals surface area contributed by atoms with E-state index in [9.17, 15) is 19.5 Å². The number of urea groups is 1.